The van der Waals surface area contributed by atoms with Crippen LogP contribution in [0.2, 0.25) is 0 Å². The molecule has 180 valence electrons. The van der Waals surface area contributed by atoms with E-state index in [2.05, 4.69) is 21.3 Å². The third-order valence-electron chi connectivity index (χ3n) is 4.69. The van der Waals surface area contributed by atoms with E-state index in [-0.39, 0.29) is 19.1 Å². The summed E-state index contributed by atoms with van der Waals surface area (Å²) in [6.45, 7) is 8.07. The van der Waals surface area contributed by atoms with Gasteiger partial charge >= 0.3 is 12.1 Å². The van der Waals surface area contributed by atoms with Gasteiger partial charge in [0.1, 0.15) is 24.7 Å². The highest BCUT2D eigenvalue weighted by atomic mass is 16.6. The molecule has 2 unspecified atom stereocenters. The number of hydrogen-bond acceptors (Lipinski definition) is 6. The number of carbonyl (C=O) groups is 4. The number of hydrogen-bond donors (Lipinski definition) is 2. The van der Waals surface area contributed by atoms with E-state index >= 15 is 0 Å². The Hall–Kier alpha value is -3.54. The van der Waals surface area contributed by atoms with E-state index in [9.17, 15) is 19.2 Å². The van der Waals surface area contributed by atoms with Crippen LogP contribution < -0.4 is 10.6 Å². The molecule has 0 heterocycles. The zero-order chi connectivity index (χ0) is 25.2. The van der Waals surface area contributed by atoms with Gasteiger partial charge in [0.05, 0.1) is 7.11 Å². The summed E-state index contributed by atoms with van der Waals surface area (Å²) in [5, 5.41) is 4.95. The minimum absolute atomic E-state index is 0.354. The Morgan fingerprint density at radius 3 is 2.18 bits per heavy atom. The van der Waals surface area contributed by atoms with Gasteiger partial charge in [-0.05, 0) is 51.8 Å². The number of alkyl carbamates (subject to hydrolysis) is 1. The Balaban J connectivity index is 3.25. The summed E-state index contributed by atoms with van der Waals surface area (Å²) >= 11 is 0. The summed E-state index contributed by atoms with van der Waals surface area (Å²) in [7, 11) is 1.21. The highest BCUT2D eigenvalue weighted by Crippen LogP contribution is 2.25. The summed E-state index contributed by atoms with van der Waals surface area (Å²) in [5.41, 5.74) is 0.390. The van der Waals surface area contributed by atoms with Crippen molar-refractivity contribution in [1.82, 2.24) is 15.5 Å². The largest absolute Gasteiger partial charge is 0.468 e. The molecule has 33 heavy (non-hydrogen) atoms. The monoisotopic (exact) mass is 459 g/mol. The first-order valence-electron chi connectivity index (χ1n) is 10.6. The van der Waals surface area contributed by atoms with Crippen LogP contribution in [0.1, 0.15) is 58.2 Å². The fourth-order valence-electron chi connectivity index (χ4n) is 2.92. The zero-order valence-corrected chi connectivity index (χ0v) is 20.1. The normalized spacial score (nSPS) is 12.5. The number of nitrogens with zero attached hydrogens (tertiary/aromatic N) is 1. The standard InChI is InChI=1S/C24H33N3O6/c1-8-16(3)27(19(28)14-26-23(31)33-24(4,5)6)21(22(30)25-15-20(29)32-7)18-12-10-17(9-2)11-13-18/h2,10-13,16,21H,8,14-15H2,1,3-7H3,(H,25,30)(H,26,31). The Labute approximate surface area is 195 Å². The second-order valence-corrected chi connectivity index (χ2v) is 8.38. The molecule has 3 amide bonds. The number of carbonyl (C=O) groups excluding carboxylic acids is 4. The van der Waals surface area contributed by atoms with Gasteiger partial charge in [0.15, 0.2) is 0 Å². The van der Waals surface area contributed by atoms with Crippen LogP contribution in [-0.4, -0.2) is 60.6 Å². The second-order valence-electron chi connectivity index (χ2n) is 8.38. The summed E-state index contributed by atoms with van der Waals surface area (Å²) in [5.74, 6) is 0.816. The van der Waals surface area contributed by atoms with Crippen molar-refractivity contribution in [2.45, 2.75) is 58.7 Å². The van der Waals surface area contributed by atoms with Crippen molar-refractivity contribution in [1.29, 1.82) is 0 Å². The van der Waals surface area contributed by atoms with Crippen LogP contribution in [-0.2, 0) is 23.9 Å². The Morgan fingerprint density at radius 1 is 1.09 bits per heavy atom. The Bertz CT molecular complexity index is 883. The Morgan fingerprint density at radius 2 is 1.70 bits per heavy atom. The maximum Gasteiger partial charge on any atom is 0.408 e. The van der Waals surface area contributed by atoms with Crippen LogP contribution in [0.5, 0.6) is 0 Å². The lowest BCUT2D eigenvalue weighted by Crippen LogP contribution is -2.51. The maximum absolute atomic E-state index is 13.2. The predicted octanol–water partition coefficient (Wildman–Crippen LogP) is 2.15. The molecule has 0 aromatic heterocycles. The van der Waals surface area contributed by atoms with Crippen molar-refractivity contribution in [2.75, 3.05) is 20.2 Å². The number of benzene rings is 1. The van der Waals surface area contributed by atoms with Crippen LogP contribution in [0.3, 0.4) is 0 Å². The lowest BCUT2D eigenvalue weighted by molar-refractivity contribution is -0.145. The van der Waals surface area contributed by atoms with Gasteiger partial charge in [0.25, 0.3) is 0 Å². The fourth-order valence-corrected chi connectivity index (χ4v) is 2.92. The van der Waals surface area contributed by atoms with Crippen LogP contribution >= 0.6 is 0 Å². The number of ether oxygens (including phenoxy) is 2. The minimum atomic E-state index is -1.07. The SMILES string of the molecule is C#Cc1ccc(C(C(=O)NCC(=O)OC)N(C(=O)CNC(=O)OC(C)(C)C)C(C)CC)cc1. The van der Waals surface area contributed by atoms with Gasteiger partial charge in [-0.15, -0.1) is 6.42 Å². The number of nitrogens with one attached hydrogen (secondary N) is 2. The first-order valence-corrected chi connectivity index (χ1v) is 10.6. The molecule has 0 saturated heterocycles. The molecule has 0 aliphatic heterocycles. The van der Waals surface area contributed by atoms with E-state index in [4.69, 9.17) is 11.2 Å². The molecule has 2 atom stereocenters. The molecule has 2 N–H and O–H groups in total. The van der Waals surface area contributed by atoms with Crippen molar-refractivity contribution < 1.29 is 28.7 Å². The molecular weight excluding hydrogens is 426 g/mol. The molecule has 0 spiro atoms. The highest BCUT2D eigenvalue weighted by molar-refractivity contribution is 5.92. The molecule has 0 aliphatic carbocycles. The van der Waals surface area contributed by atoms with Crippen molar-refractivity contribution in [3.8, 4) is 12.3 Å². The van der Waals surface area contributed by atoms with Gasteiger partial charge in [-0.2, -0.15) is 0 Å². The summed E-state index contributed by atoms with van der Waals surface area (Å²) in [4.78, 5) is 51.3. The topological polar surface area (TPSA) is 114 Å². The first kappa shape index (κ1) is 27.5. The number of methoxy groups -OCH3 is 1. The third kappa shape index (κ3) is 8.85. The van der Waals surface area contributed by atoms with E-state index in [0.717, 1.165) is 0 Å². The molecule has 1 aromatic rings. The molecule has 0 radical (unpaired) electrons. The van der Waals surface area contributed by atoms with E-state index in [0.29, 0.717) is 17.5 Å². The number of terminal acetylenes is 1. The van der Waals surface area contributed by atoms with Gasteiger partial charge in [-0.1, -0.05) is 25.0 Å². The van der Waals surface area contributed by atoms with E-state index < -0.39 is 35.5 Å². The van der Waals surface area contributed by atoms with Crippen molar-refractivity contribution in [2.24, 2.45) is 0 Å². The van der Waals surface area contributed by atoms with Gasteiger partial charge in [-0.25, -0.2) is 4.79 Å². The summed E-state index contributed by atoms with van der Waals surface area (Å²) in [6, 6.07) is 5.20. The van der Waals surface area contributed by atoms with Gasteiger partial charge < -0.3 is 25.0 Å². The molecule has 0 aliphatic rings. The molecule has 0 fully saturated rings. The summed E-state index contributed by atoms with van der Waals surface area (Å²) in [6.07, 6.45) is 5.22. The van der Waals surface area contributed by atoms with Gasteiger partial charge in [-0.3, -0.25) is 14.4 Å². The summed E-state index contributed by atoms with van der Waals surface area (Å²) < 4.78 is 9.76. The van der Waals surface area contributed by atoms with Crippen molar-refractivity contribution >= 4 is 23.9 Å². The van der Waals surface area contributed by atoms with Crippen LogP contribution in [0.25, 0.3) is 0 Å². The second kappa shape index (κ2) is 12.5. The molecule has 9 nitrogen and oxygen atoms in total. The van der Waals surface area contributed by atoms with Crippen LogP contribution in [0.15, 0.2) is 24.3 Å². The lowest BCUT2D eigenvalue weighted by atomic mass is 10.00. The molecule has 9 heteroatoms. The zero-order valence-electron chi connectivity index (χ0n) is 20.1. The van der Waals surface area contributed by atoms with E-state index in [1.807, 2.05) is 6.92 Å². The fraction of sp³-hybridized carbons (Fsp3) is 0.500. The van der Waals surface area contributed by atoms with Crippen molar-refractivity contribution in [3.05, 3.63) is 35.4 Å². The smallest absolute Gasteiger partial charge is 0.408 e. The number of amides is 3. The maximum atomic E-state index is 13.2. The number of rotatable bonds is 9. The molecule has 1 rings (SSSR count). The average molecular weight is 460 g/mol. The predicted molar refractivity (Wildman–Crippen MR) is 123 cm³/mol. The Kier molecular flexibility index (Phi) is 10.4. The van der Waals surface area contributed by atoms with Gasteiger partial charge in [0.2, 0.25) is 11.8 Å². The number of esters is 1. The minimum Gasteiger partial charge on any atom is -0.468 e. The third-order valence-corrected chi connectivity index (χ3v) is 4.69. The van der Waals surface area contributed by atoms with Crippen LogP contribution in [0.4, 0.5) is 4.79 Å². The average Bonchev–Trinajstić information content (AvgIpc) is 2.77. The highest BCUT2D eigenvalue weighted by Gasteiger charge is 2.34. The van der Waals surface area contributed by atoms with Crippen LogP contribution in [0, 0.1) is 12.3 Å². The van der Waals surface area contributed by atoms with E-state index in [1.54, 1.807) is 52.0 Å². The molecule has 1 aromatic carbocycles. The first-order chi connectivity index (χ1) is 15.4. The molecular formula is C24H33N3O6. The molecule has 0 bridgehead atoms. The van der Waals surface area contributed by atoms with E-state index in [1.165, 1.54) is 12.0 Å². The quantitative estimate of drug-likeness (QED) is 0.432. The lowest BCUT2D eigenvalue weighted by Gasteiger charge is -2.36. The molecule has 0 saturated carbocycles. The van der Waals surface area contributed by atoms with Crippen molar-refractivity contribution in [3.63, 3.8) is 0 Å². The van der Waals surface area contributed by atoms with Gasteiger partial charge in [0, 0.05) is 11.6 Å².